The molecule has 0 aliphatic carbocycles. The van der Waals surface area contributed by atoms with E-state index in [9.17, 15) is 24.3 Å². The Morgan fingerprint density at radius 3 is 2.45 bits per heavy atom. The number of ether oxygens (including phenoxy) is 2. The topological polar surface area (TPSA) is 125 Å². The van der Waals surface area contributed by atoms with Crippen LogP contribution in [0.4, 0.5) is 0 Å². The van der Waals surface area contributed by atoms with Crippen molar-refractivity contribution in [2.75, 3.05) is 19.7 Å². The van der Waals surface area contributed by atoms with Crippen LogP contribution in [0.25, 0.3) is 0 Å². The van der Waals surface area contributed by atoms with E-state index in [1.807, 2.05) is 44.2 Å². The van der Waals surface area contributed by atoms with Gasteiger partial charge in [0.2, 0.25) is 17.7 Å². The number of carbonyl (C=O) groups excluding carboxylic acids is 4. The van der Waals surface area contributed by atoms with Crippen LogP contribution in [0.15, 0.2) is 55.6 Å². The SMILES string of the molecule is C=CCCC(=O)N[C@H](C)[C@@H](OC(=O)[C@@H]1[C@H]2C(=O)N(CCO)[C@H](C(=O)N(CC=C)C(C)(C)CC(C)(C)C)[C@]23CC[C@H]1O3)c1ccccc1. The van der Waals surface area contributed by atoms with Gasteiger partial charge in [0.1, 0.15) is 17.7 Å². The summed E-state index contributed by atoms with van der Waals surface area (Å²) in [6.07, 6.45) is 4.30. The van der Waals surface area contributed by atoms with Crippen molar-refractivity contribution in [2.45, 2.75) is 109 Å². The molecule has 3 saturated heterocycles. The van der Waals surface area contributed by atoms with Crippen molar-refractivity contribution in [3.8, 4) is 0 Å². The van der Waals surface area contributed by atoms with Crippen molar-refractivity contribution in [1.29, 1.82) is 0 Å². The molecule has 2 bridgehead atoms. The fourth-order valence-corrected chi connectivity index (χ4v) is 8.29. The normalized spacial score (nSPS) is 26.4. The highest BCUT2D eigenvalue weighted by Crippen LogP contribution is 2.59. The van der Waals surface area contributed by atoms with Crippen molar-refractivity contribution in [2.24, 2.45) is 17.3 Å². The van der Waals surface area contributed by atoms with Gasteiger partial charge in [0.15, 0.2) is 0 Å². The minimum absolute atomic E-state index is 0.0642. The second-order valence-corrected chi connectivity index (χ2v) is 15.1. The first-order valence-corrected chi connectivity index (χ1v) is 16.8. The Hall–Kier alpha value is -3.50. The predicted molar refractivity (Wildman–Crippen MR) is 179 cm³/mol. The van der Waals surface area contributed by atoms with Crippen LogP contribution in [0.1, 0.15) is 85.3 Å². The number of allylic oxidation sites excluding steroid dienone is 1. The minimum atomic E-state index is -1.23. The van der Waals surface area contributed by atoms with Crippen molar-refractivity contribution < 1.29 is 33.8 Å². The number of β-amino-alcohol motifs (C(OH)–C–C–N with tert-alkyl or cyclic N) is 1. The van der Waals surface area contributed by atoms with Gasteiger partial charge in [0.05, 0.1) is 30.6 Å². The summed E-state index contributed by atoms with van der Waals surface area (Å²) in [5.41, 5.74) is -1.21. The van der Waals surface area contributed by atoms with Crippen LogP contribution in [0, 0.1) is 17.3 Å². The number of fused-ring (bicyclic) bond motifs is 1. The molecule has 3 aliphatic rings. The standard InChI is InChI=1S/C37H53N3O7/c1-9-11-17-27(42)38-24(3)30(25-15-13-12-14-16-25)46-34(45)28-26-18-19-37(47-26)29(28)32(43)39(21-22-41)31(37)33(44)40(20-10-2)36(7,8)23-35(4,5)6/h9-10,12-16,24,26,28-31,41H,1-2,11,17-23H2,3-8H3,(H,38,42)/t24-,26-,28+,29+,30-,31-,37+/m1/s1. The molecule has 0 saturated carbocycles. The highest BCUT2D eigenvalue weighted by molar-refractivity contribution is 5.98. The molecule has 2 N–H and O–H groups in total. The fourth-order valence-electron chi connectivity index (χ4n) is 8.29. The Labute approximate surface area is 279 Å². The third-order valence-corrected chi connectivity index (χ3v) is 9.71. The van der Waals surface area contributed by atoms with Gasteiger partial charge < -0.3 is 29.7 Å². The van der Waals surface area contributed by atoms with Gasteiger partial charge in [0.25, 0.3) is 0 Å². The lowest BCUT2D eigenvalue weighted by Gasteiger charge is -2.45. The van der Waals surface area contributed by atoms with Crippen molar-refractivity contribution in [3.63, 3.8) is 0 Å². The molecule has 1 spiro atoms. The molecule has 3 fully saturated rings. The van der Waals surface area contributed by atoms with Crippen molar-refractivity contribution in [1.82, 2.24) is 15.1 Å². The van der Waals surface area contributed by atoms with Gasteiger partial charge in [-0.25, -0.2) is 0 Å². The van der Waals surface area contributed by atoms with Crippen molar-refractivity contribution >= 4 is 23.7 Å². The van der Waals surface area contributed by atoms with E-state index in [0.29, 0.717) is 31.2 Å². The largest absolute Gasteiger partial charge is 0.455 e. The number of hydrogen-bond acceptors (Lipinski definition) is 7. The number of aliphatic hydroxyl groups excluding tert-OH is 1. The summed E-state index contributed by atoms with van der Waals surface area (Å²) in [6.45, 7) is 19.6. The zero-order chi connectivity index (χ0) is 34.7. The Morgan fingerprint density at radius 2 is 1.85 bits per heavy atom. The number of benzene rings is 1. The first kappa shape index (κ1) is 36.3. The maximum absolute atomic E-state index is 14.7. The van der Waals surface area contributed by atoms with E-state index in [1.165, 1.54) is 4.90 Å². The summed E-state index contributed by atoms with van der Waals surface area (Å²) >= 11 is 0. The highest BCUT2D eigenvalue weighted by Gasteiger charge is 2.75. The summed E-state index contributed by atoms with van der Waals surface area (Å²) in [4.78, 5) is 58.9. The number of amides is 3. The Bertz CT molecular complexity index is 1340. The zero-order valence-electron chi connectivity index (χ0n) is 28.9. The van der Waals surface area contributed by atoms with Gasteiger partial charge in [-0.15, -0.1) is 13.2 Å². The third kappa shape index (κ3) is 7.33. The Kier molecular flexibility index (Phi) is 11.1. The molecule has 1 aromatic rings. The predicted octanol–water partition coefficient (Wildman–Crippen LogP) is 4.34. The molecule has 10 nitrogen and oxygen atoms in total. The monoisotopic (exact) mass is 651 g/mol. The number of nitrogens with zero attached hydrogens (tertiary/aromatic N) is 2. The van der Waals surface area contributed by atoms with E-state index < -0.39 is 59.1 Å². The minimum Gasteiger partial charge on any atom is -0.455 e. The van der Waals surface area contributed by atoms with Gasteiger partial charge in [0, 0.05) is 25.0 Å². The molecule has 0 radical (unpaired) electrons. The van der Waals surface area contributed by atoms with Gasteiger partial charge in [-0.3, -0.25) is 19.2 Å². The number of rotatable bonds is 15. The van der Waals surface area contributed by atoms with E-state index in [4.69, 9.17) is 9.47 Å². The van der Waals surface area contributed by atoms with E-state index >= 15 is 0 Å². The number of carbonyl (C=O) groups is 4. The van der Waals surface area contributed by atoms with E-state index in [0.717, 1.165) is 0 Å². The fraction of sp³-hybridized carbons (Fsp3) is 0.622. The Morgan fingerprint density at radius 1 is 1.17 bits per heavy atom. The number of hydrogen-bond donors (Lipinski definition) is 2. The summed E-state index contributed by atoms with van der Waals surface area (Å²) in [6, 6.07) is 7.59. The summed E-state index contributed by atoms with van der Waals surface area (Å²) in [5, 5.41) is 13.0. The molecule has 3 amide bonds. The lowest BCUT2D eigenvalue weighted by Crippen LogP contribution is -2.61. The van der Waals surface area contributed by atoms with Crippen LogP contribution in [0.3, 0.4) is 0 Å². The number of esters is 1. The molecule has 1 aromatic carbocycles. The molecular formula is C37H53N3O7. The third-order valence-electron chi connectivity index (χ3n) is 9.71. The van der Waals surface area contributed by atoms with Crippen LogP contribution < -0.4 is 5.32 Å². The first-order chi connectivity index (χ1) is 22.1. The maximum atomic E-state index is 14.7. The lowest BCUT2D eigenvalue weighted by atomic mass is 9.70. The molecule has 3 heterocycles. The second-order valence-electron chi connectivity index (χ2n) is 15.1. The average molecular weight is 652 g/mol. The van der Waals surface area contributed by atoms with Crippen molar-refractivity contribution in [3.05, 3.63) is 61.2 Å². The van der Waals surface area contributed by atoms with Crippen LogP contribution in [0.5, 0.6) is 0 Å². The van der Waals surface area contributed by atoms with Gasteiger partial charge in [-0.1, -0.05) is 63.3 Å². The molecule has 7 atom stereocenters. The van der Waals surface area contributed by atoms with Crippen LogP contribution >= 0.6 is 0 Å². The summed E-state index contributed by atoms with van der Waals surface area (Å²) in [7, 11) is 0. The average Bonchev–Trinajstić information content (AvgIpc) is 3.64. The van der Waals surface area contributed by atoms with Crippen LogP contribution in [-0.2, 0) is 28.7 Å². The molecule has 0 aromatic heterocycles. The quantitative estimate of drug-likeness (QED) is 0.214. The molecular weight excluding hydrogens is 598 g/mol. The van der Waals surface area contributed by atoms with Gasteiger partial charge in [-0.05, 0) is 57.4 Å². The first-order valence-electron chi connectivity index (χ1n) is 16.8. The maximum Gasteiger partial charge on any atom is 0.313 e. The van der Waals surface area contributed by atoms with E-state index in [-0.39, 0.29) is 43.3 Å². The molecule has 258 valence electrons. The van der Waals surface area contributed by atoms with E-state index in [1.54, 1.807) is 24.0 Å². The lowest BCUT2D eigenvalue weighted by molar-refractivity contribution is -0.162. The van der Waals surface area contributed by atoms with Gasteiger partial charge in [-0.2, -0.15) is 0 Å². The molecule has 0 unspecified atom stereocenters. The van der Waals surface area contributed by atoms with Crippen LogP contribution in [-0.4, -0.2) is 87.6 Å². The number of aliphatic hydroxyl groups is 1. The summed E-state index contributed by atoms with van der Waals surface area (Å²) in [5.74, 6) is -3.36. The smallest absolute Gasteiger partial charge is 0.313 e. The Balaban J connectivity index is 1.67. The van der Waals surface area contributed by atoms with Crippen LogP contribution in [0.2, 0.25) is 0 Å². The number of likely N-dealkylation sites (tertiary alicyclic amines) is 1. The number of nitrogens with one attached hydrogen (secondary N) is 1. The molecule has 3 aliphatic heterocycles. The summed E-state index contributed by atoms with van der Waals surface area (Å²) < 4.78 is 12.8. The molecule has 10 heteroatoms. The zero-order valence-corrected chi connectivity index (χ0v) is 28.9. The molecule has 4 rings (SSSR count). The van der Waals surface area contributed by atoms with E-state index in [2.05, 4.69) is 39.2 Å². The molecule has 47 heavy (non-hydrogen) atoms. The second kappa shape index (κ2) is 14.3. The van der Waals surface area contributed by atoms with Gasteiger partial charge >= 0.3 is 5.97 Å². The highest BCUT2D eigenvalue weighted by atomic mass is 16.6.